The number of hydrogen-bond acceptors (Lipinski definition) is 2. The van der Waals surface area contributed by atoms with Gasteiger partial charge in [0.25, 0.3) is 0 Å². The van der Waals surface area contributed by atoms with Crippen molar-refractivity contribution in [1.29, 1.82) is 0 Å². The van der Waals surface area contributed by atoms with Crippen LogP contribution in [0.5, 0.6) is 0 Å². The van der Waals surface area contributed by atoms with Crippen LogP contribution in [0.2, 0.25) is 0 Å². The largest absolute Gasteiger partial charge is 0.324 e. The van der Waals surface area contributed by atoms with Crippen molar-refractivity contribution in [3.8, 4) is 0 Å². The molecule has 0 saturated heterocycles. The zero-order valence-corrected chi connectivity index (χ0v) is 14.6. The molecule has 1 aromatic rings. The number of alkyl halides is 1. The summed E-state index contributed by atoms with van der Waals surface area (Å²) in [5.41, 5.74) is 1.83. The minimum atomic E-state index is -0.670. The molecular formula is C15H18BrClN2O2. The molecular weight excluding hydrogens is 356 g/mol. The quantitative estimate of drug-likeness (QED) is 0.824. The van der Waals surface area contributed by atoms with Crippen LogP contribution in [0.25, 0.3) is 0 Å². The van der Waals surface area contributed by atoms with Gasteiger partial charge in [-0.05, 0) is 38.0 Å². The molecule has 0 radical (unpaired) electrons. The maximum Gasteiger partial charge on any atom is 0.231 e. The van der Waals surface area contributed by atoms with Crippen molar-refractivity contribution in [2.24, 2.45) is 5.41 Å². The Morgan fingerprint density at radius 3 is 2.67 bits per heavy atom. The fourth-order valence-electron chi connectivity index (χ4n) is 2.27. The predicted octanol–water partition coefficient (Wildman–Crippen LogP) is 3.56. The molecule has 2 rings (SSSR count). The summed E-state index contributed by atoms with van der Waals surface area (Å²) in [5.74, 6) is 0.0437. The van der Waals surface area contributed by atoms with Gasteiger partial charge in [-0.15, -0.1) is 11.6 Å². The van der Waals surface area contributed by atoms with Gasteiger partial charge in [0.2, 0.25) is 11.8 Å². The Morgan fingerprint density at radius 2 is 2.10 bits per heavy atom. The molecule has 0 unspecified atom stereocenters. The molecule has 0 atom stereocenters. The monoisotopic (exact) mass is 372 g/mol. The van der Waals surface area contributed by atoms with Crippen LogP contribution < -0.4 is 10.2 Å². The maximum absolute atomic E-state index is 12.3. The number of hydrogen-bond donors (Lipinski definition) is 1. The van der Waals surface area contributed by atoms with Gasteiger partial charge < -0.3 is 10.2 Å². The fourth-order valence-corrected chi connectivity index (χ4v) is 2.90. The van der Waals surface area contributed by atoms with Gasteiger partial charge in [-0.2, -0.15) is 0 Å². The molecule has 6 heteroatoms. The number of anilines is 2. The standard InChI is InChI=1S/C15H18BrClN2O2/c1-9(20)19-5-4-10-6-11(16)7-12(13(10)19)18-14(21)15(2,3)8-17/h6-7H,4-5,8H2,1-3H3,(H,18,21). The second-order valence-corrected chi connectivity index (χ2v) is 7.04. The Labute approximate surface area is 138 Å². The number of halogens is 2. The number of carbonyl (C=O) groups is 2. The van der Waals surface area contributed by atoms with E-state index in [1.165, 1.54) is 6.92 Å². The fraction of sp³-hybridized carbons (Fsp3) is 0.467. The summed E-state index contributed by atoms with van der Waals surface area (Å²) in [6, 6.07) is 3.81. The third-order valence-corrected chi connectivity index (χ3v) is 4.73. The smallest absolute Gasteiger partial charge is 0.231 e. The lowest BCUT2D eigenvalue weighted by Gasteiger charge is -2.24. The van der Waals surface area contributed by atoms with E-state index < -0.39 is 5.41 Å². The van der Waals surface area contributed by atoms with Gasteiger partial charge in [0, 0.05) is 23.8 Å². The van der Waals surface area contributed by atoms with Gasteiger partial charge in [0.15, 0.2) is 0 Å². The van der Waals surface area contributed by atoms with Crippen LogP contribution in [0, 0.1) is 5.41 Å². The third-order valence-electron chi connectivity index (χ3n) is 3.61. The molecule has 1 aliphatic rings. The first-order valence-electron chi connectivity index (χ1n) is 6.74. The average Bonchev–Trinajstić information content (AvgIpc) is 2.82. The molecule has 0 aromatic heterocycles. The zero-order chi connectivity index (χ0) is 15.8. The normalized spacial score (nSPS) is 14.0. The van der Waals surface area contributed by atoms with Crippen LogP contribution in [0.1, 0.15) is 26.3 Å². The minimum Gasteiger partial charge on any atom is -0.324 e. The molecule has 114 valence electrons. The molecule has 4 nitrogen and oxygen atoms in total. The van der Waals surface area contributed by atoms with Crippen LogP contribution in [0.15, 0.2) is 16.6 Å². The van der Waals surface area contributed by atoms with E-state index >= 15 is 0 Å². The highest BCUT2D eigenvalue weighted by Crippen LogP contribution is 2.39. The summed E-state index contributed by atoms with van der Waals surface area (Å²) in [5, 5.41) is 2.91. The summed E-state index contributed by atoms with van der Waals surface area (Å²) in [6.45, 7) is 5.75. The highest BCUT2D eigenvalue weighted by atomic mass is 79.9. The molecule has 0 aliphatic carbocycles. The average molecular weight is 374 g/mol. The van der Waals surface area contributed by atoms with Crippen molar-refractivity contribution in [3.63, 3.8) is 0 Å². The van der Waals surface area contributed by atoms with E-state index in [0.717, 1.165) is 22.1 Å². The van der Waals surface area contributed by atoms with Crippen molar-refractivity contribution in [3.05, 3.63) is 22.2 Å². The van der Waals surface area contributed by atoms with E-state index in [1.807, 2.05) is 12.1 Å². The van der Waals surface area contributed by atoms with Gasteiger partial charge in [-0.3, -0.25) is 9.59 Å². The lowest BCUT2D eigenvalue weighted by molar-refractivity contribution is -0.123. The third kappa shape index (κ3) is 3.24. The topological polar surface area (TPSA) is 49.4 Å². The summed E-state index contributed by atoms with van der Waals surface area (Å²) in [6.07, 6.45) is 0.788. The first kappa shape index (κ1) is 16.3. The Balaban J connectivity index is 2.41. The molecule has 1 aliphatic heterocycles. The van der Waals surface area contributed by atoms with Gasteiger partial charge in [0.05, 0.1) is 16.8 Å². The molecule has 1 aromatic carbocycles. The molecule has 0 saturated carbocycles. The van der Waals surface area contributed by atoms with Crippen molar-refractivity contribution in [1.82, 2.24) is 0 Å². The molecule has 21 heavy (non-hydrogen) atoms. The van der Waals surface area contributed by atoms with Gasteiger partial charge in [-0.1, -0.05) is 15.9 Å². The maximum atomic E-state index is 12.3. The minimum absolute atomic E-state index is 0.0248. The van der Waals surface area contributed by atoms with Crippen molar-refractivity contribution >= 4 is 50.7 Å². The van der Waals surface area contributed by atoms with Gasteiger partial charge >= 0.3 is 0 Å². The van der Waals surface area contributed by atoms with E-state index in [0.29, 0.717) is 12.2 Å². The van der Waals surface area contributed by atoms with Gasteiger partial charge in [0.1, 0.15) is 0 Å². The summed E-state index contributed by atoms with van der Waals surface area (Å²) >= 11 is 9.30. The number of benzene rings is 1. The van der Waals surface area contributed by atoms with Crippen molar-refractivity contribution in [2.45, 2.75) is 27.2 Å². The van der Waals surface area contributed by atoms with Crippen LogP contribution >= 0.6 is 27.5 Å². The number of rotatable bonds is 3. The van der Waals surface area contributed by atoms with Crippen molar-refractivity contribution < 1.29 is 9.59 Å². The van der Waals surface area contributed by atoms with Crippen LogP contribution in [-0.4, -0.2) is 24.2 Å². The first-order chi connectivity index (χ1) is 9.76. The number of nitrogens with zero attached hydrogens (tertiary/aromatic N) is 1. The summed E-state index contributed by atoms with van der Waals surface area (Å²) in [7, 11) is 0. The van der Waals surface area contributed by atoms with Gasteiger partial charge in [-0.25, -0.2) is 0 Å². The molecule has 1 heterocycles. The lowest BCUT2D eigenvalue weighted by atomic mass is 9.95. The van der Waals surface area contributed by atoms with Crippen LogP contribution in [-0.2, 0) is 16.0 Å². The Hall–Kier alpha value is -1.07. The van der Waals surface area contributed by atoms with Crippen molar-refractivity contribution in [2.75, 3.05) is 22.6 Å². The number of carbonyl (C=O) groups excluding carboxylic acids is 2. The highest BCUT2D eigenvalue weighted by Gasteiger charge is 2.30. The Morgan fingerprint density at radius 1 is 1.43 bits per heavy atom. The van der Waals surface area contributed by atoms with E-state index in [4.69, 9.17) is 11.6 Å². The SMILES string of the molecule is CC(=O)N1CCc2cc(Br)cc(NC(=O)C(C)(C)CCl)c21. The van der Waals surface area contributed by atoms with Crippen LogP contribution in [0.4, 0.5) is 11.4 Å². The summed E-state index contributed by atoms with van der Waals surface area (Å²) < 4.78 is 0.880. The van der Waals surface area contributed by atoms with Crippen LogP contribution in [0.3, 0.4) is 0 Å². The van der Waals surface area contributed by atoms with E-state index in [9.17, 15) is 9.59 Å². The number of amides is 2. The molecule has 0 bridgehead atoms. The Kier molecular flexibility index (Phi) is 4.63. The second kappa shape index (κ2) is 5.97. The Bertz CT molecular complexity index is 602. The van der Waals surface area contributed by atoms with E-state index in [1.54, 1.807) is 18.7 Å². The summed E-state index contributed by atoms with van der Waals surface area (Å²) in [4.78, 5) is 25.8. The zero-order valence-electron chi connectivity index (χ0n) is 12.3. The van der Waals surface area contributed by atoms with E-state index in [-0.39, 0.29) is 17.7 Å². The lowest BCUT2D eigenvalue weighted by Crippen LogP contribution is -2.33. The first-order valence-corrected chi connectivity index (χ1v) is 8.07. The molecule has 0 spiro atoms. The molecule has 2 amide bonds. The molecule has 0 fully saturated rings. The highest BCUT2D eigenvalue weighted by molar-refractivity contribution is 9.10. The number of fused-ring (bicyclic) bond motifs is 1. The second-order valence-electron chi connectivity index (χ2n) is 5.85. The predicted molar refractivity (Wildman–Crippen MR) is 89.0 cm³/mol. The van der Waals surface area contributed by atoms with E-state index in [2.05, 4.69) is 21.2 Å². The number of nitrogens with one attached hydrogen (secondary N) is 1. The molecule has 1 N–H and O–H groups in total.